The maximum absolute atomic E-state index is 5.60. The van der Waals surface area contributed by atoms with E-state index in [2.05, 4.69) is 31.4 Å². The number of nitrogens with one attached hydrogen (secondary N) is 1. The van der Waals surface area contributed by atoms with Crippen LogP contribution in [0.15, 0.2) is 27.1 Å². The third kappa shape index (κ3) is 2.98. The van der Waals surface area contributed by atoms with E-state index < -0.39 is 0 Å². The van der Waals surface area contributed by atoms with Gasteiger partial charge >= 0.3 is 6.01 Å². The summed E-state index contributed by atoms with van der Waals surface area (Å²) in [5.74, 6) is 1.00. The molecule has 1 heterocycles. The Balaban J connectivity index is 2.16. The molecule has 0 aliphatic heterocycles. The first-order valence-electron chi connectivity index (χ1n) is 5.11. The highest BCUT2D eigenvalue weighted by Gasteiger charge is 2.08. The number of nitrogens with zero attached hydrogens (tertiary/aromatic N) is 2. The summed E-state index contributed by atoms with van der Waals surface area (Å²) in [6, 6.07) is 6.28. The Hall–Kier alpha value is -1.07. The summed E-state index contributed by atoms with van der Waals surface area (Å²) in [5, 5.41) is 10.8. The fourth-order valence-electron chi connectivity index (χ4n) is 1.35. The van der Waals surface area contributed by atoms with Crippen molar-refractivity contribution < 1.29 is 4.42 Å². The van der Waals surface area contributed by atoms with Gasteiger partial charge in [0.1, 0.15) is 0 Å². The number of benzene rings is 1. The molecule has 1 aromatic carbocycles. The molecule has 0 atom stereocenters. The highest BCUT2D eigenvalue weighted by Crippen LogP contribution is 2.28. The second-order valence-corrected chi connectivity index (χ2v) is 4.67. The number of alkyl halides is 1. The van der Waals surface area contributed by atoms with Crippen molar-refractivity contribution in [3.63, 3.8) is 0 Å². The van der Waals surface area contributed by atoms with Crippen LogP contribution in [0.5, 0.6) is 0 Å². The summed E-state index contributed by atoms with van der Waals surface area (Å²) in [6.07, 6.45) is 0.575. The Morgan fingerprint density at radius 2 is 2.24 bits per heavy atom. The molecule has 0 saturated heterocycles. The number of aryl methyl sites for hydroxylation is 2. The quantitative estimate of drug-likeness (QED) is 0.875. The zero-order chi connectivity index (χ0) is 12.3. The third-order valence-corrected chi connectivity index (χ3v) is 3.45. The molecule has 0 saturated carbocycles. The molecule has 0 amide bonds. The normalized spacial score (nSPS) is 10.5. The Kier molecular flexibility index (Phi) is 4.02. The van der Waals surface area contributed by atoms with Crippen LogP contribution in [0.4, 0.5) is 11.7 Å². The van der Waals surface area contributed by atoms with Gasteiger partial charge in [0.15, 0.2) is 0 Å². The molecule has 1 N–H and O–H groups in total. The third-order valence-electron chi connectivity index (χ3n) is 2.21. The van der Waals surface area contributed by atoms with E-state index in [4.69, 9.17) is 16.0 Å². The summed E-state index contributed by atoms with van der Waals surface area (Å²) in [5.41, 5.74) is 2.03. The summed E-state index contributed by atoms with van der Waals surface area (Å²) >= 11 is 9.10. The van der Waals surface area contributed by atoms with Crippen LogP contribution >= 0.6 is 27.5 Å². The van der Waals surface area contributed by atoms with E-state index in [1.807, 2.05) is 25.1 Å². The molecule has 90 valence electrons. The fraction of sp³-hybridized carbons (Fsp3) is 0.273. The molecule has 1 aromatic heterocycles. The fourth-order valence-corrected chi connectivity index (χ4v) is 1.87. The van der Waals surface area contributed by atoms with E-state index >= 15 is 0 Å². The minimum Gasteiger partial charge on any atom is -0.408 e. The average Bonchev–Trinajstić information content (AvgIpc) is 2.73. The van der Waals surface area contributed by atoms with Crippen molar-refractivity contribution in [1.29, 1.82) is 0 Å². The molecule has 6 heteroatoms. The number of halogens is 2. The van der Waals surface area contributed by atoms with Crippen molar-refractivity contribution in [1.82, 2.24) is 10.2 Å². The lowest BCUT2D eigenvalue weighted by Crippen LogP contribution is -1.92. The van der Waals surface area contributed by atoms with Gasteiger partial charge in [0.2, 0.25) is 5.89 Å². The molecule has 0 aliphatic rings. The summed E-state index contributed by atoms with van der Waals surface area (Å²) < 4.78 is 6.37. The molecule has 0 aliphatic carbocycles. The molecule has 0 fully saturated rings. The van der Waals surface area contributed by atoms with Crippen LogP contribution in [0.1, 0.15) is 11.5 Å². The van der Waals surface area contributed by atoms with E-state index in [9.17, 15) is 0 Å². The Labute approximate surface area is 113 Å². The van der Waals surface area contributed by atoms with E-state index in [-0.39, 0.29) is 0 Å². The lowest BCUT2D eigenvalue weighted by Gasteiger charge is -2.06. The highest BCUT2D eigenvalue weighted by atomic mass is 79.9. The molecular weight excluding hydrogens is 305 g/mol. The predicted molar refractivity (Wildman–Crippen MR) is 70.9 cm³/mol. The molecule has 4 nitrogen and oxygen atoms in total. The lowest BCUT2D eigenvalue weighted by molar-refractivity contribution is 0.516. The summed E-state index contributed by atoms with van der Waals surface area (Å²) in [6.45, 7) is 2.02. The molecule has 2 aromatic rings. The van der Waals surface area contributed by atoms with E-state index in [0.29, 0.717) is 24.2 Å². The van der Waals surface area contributed by atoms with Crippen molar-refractivity contribution >= 4 is 39.2 Å². The van der Waals surface area contributed by atoms with Crippen LogP contribution in [0, 0.1) is 6.92 Å². The summed E-state index contributed by atoms with van der Waals surface area (Å²) in [7, 11) is 0. The maximum atomic E-state index is 5.60. The maximum Gasteiger partial charge on any atom is 0.320 e. The lowest BCUT2D eigenvalue weighted by atomic mass is 10.2. The van der Waals surface area contributed by atoms with Gasteiger partial charge in [-0.2, -0.15) is 0 Å². The number of hydrogen-bond donors (Lipinski definition) is 1. The molecular formula is C11H11BrClN3O. The first-order valence-corrected chi connectivity index (χ1v) is 6.44. The Morgan fingerprint density at radius 1 is 1.41 bits per heavy atom. The Bertz CT molecular complexity index is 515. The minimum atomic E-state index is 0.372. The predicted octanol–water partition coefficient (Wildman–Crippen LogP) is 3.67. The van der Waals surface area contributed by atoms with Crippen LogP contribution in [-0.4, -0.2) is 16.1 Å². The molecule has 0 unspecified atom stereocenters. The van der Waals surface area contributed by atoms with Crippen molar-refractivity contribution in [2.24, 2.45) is 0 Å². The van der Waals surface area contributed by atoms with Gasteiger partial charge in [0.25, 0.3) is 0 Å². The second-order valence-electron chi connectivity index (χ2n) is 3.50. The topological polar surface area (TPSA) is 51.0 Å². The van der Waals surface area contributed by atoms with Gasteiger partial charge in [-0.05, 0) is 34.5 Å². The number of rotatable bonds is 4. The molecule has 0 radical (unpaired) electrons. The number of anilines is 2. The van der Waals surface area contributed by atoms with Crippen LogP contribution < -0.4 is 5.32 Å². The van der Waals surface area contributed by atoms with Crippen molar-refractivity contribution in [2.45, 2.75) is 13.3 Å². The van der Waals surface area contributed by atoms with Gasteiger partial charge in [-0.15, -0.1) is 16.7 Å². The van der Waals surface area contributed by atoms with Crippen molar-refractivity contribution in [3.05, 3.63) is 34.1 Å². The van der Waals surface area contributed by atoms with Gasteiger partial charge in [-0.25, -0.2) is 0 Å². The van der Waals surface area contributed by atoms with Crippen LogP contribution in [0.25, 0.3) is 0 Å². The number of hydrogen-bond acceptors (Lipinski definition) is 4. The number of aromatic nitrogens is 2. The van der Waals surface area contributed by atoms with E-state index in [0.717, 1.165) is 15.7 Å². The average molecular weight is 317 g/mol. The first-order chi connectivity index (χ1) is 8.20. The van der Waals surface area contributed by atoms with Gasteiger partial charge in [0.05, 0.1) is 5.69 Å². The van der Waals surface area contributed by atoms with Gasteiger partial charge in [0, 0.05) is 16.8 Å². The molecule has 0 spiro atoms. The van der Waals surface area contributed by atoms with Crippen molar-refractivity contribution in [2.75, 3.05) is 11.2 Å². The highest BCUT2D eigenvalue weighted by molar-refractivity contribution is 9.10. The molecule has 17 heavy (non-hydrogen) atoms. The van der Waals surface area contributed by atoms with Gasteiger partial charge in [-0.3, -0.25) is 0 Å². The van der Waals surface area contributed by atoms with Crippen molar-refractivity contribution in [3.8, 4) is 0 Å². The van der Waals surface area contributed by atoms with Gasteiger partial charge in [-0.1, -0.05) is 17.2 Å². The largest absolute Gasteiger partial charge is 0.408 e. The SMILES string of the molecule is Cc1cccc(Nc2nnc(CCCl)o2)c1Br. The van der Waals surface area contributed by atoms with Crippen LogP contribution in [0.2, 0.25) is 0 Å². The molecule has 0 bridgehead atoms. The smallest absolute Gasteiger partial charge is 0.320 e. The second kappa shape index (κ2) is 5.51. The first kappa shape index (κ1) is 12.4. The molecule has 2 rings (SSSR count). The minimum absolute atomic E-state index is 0.372. The standard InChI is InChI=1S/C11H11BrClN3O/c1-7-3-2-4-8(10(7)12)14-11-16-15-9(17-11)5-6-13/h2-4H,5-6H2,1H3,(H,14,16). The zero-order valence-corrected chi connectivity index (χ0v) is 11.5. The monoisotopic (exact) mass is 315 g/mol. The summed E-state index contributed by atoms with van der Waals surface area (Å²) in [4.78, 5) is 0. The van der Waals surface area contributed by atoms with E-state index in [1.165, 1.54) is 0 Å². The van der Waals surface area contributed by atoms with Crippen LogP contribution in [-0.2, 0) is 6.42 Å². The zero-order valence-electron chi connectivity index (χ0n) is 9.20. The van der Waals surface area contributed by atoms with Crippen LogP contribution in [0.3, 0.4) is 0 Å². The van der Waals surface area contributed by atoms with E-state index in [1.54, 1.807) is 0 Å². The van der Waals surface area contributed by atoms with Gasteiger partial charge < -0.3 is 9.73 Å². The Morgan fingerprint density at radius 3 is 3.00 bits per heavy atom.